The summed E-state index contributed by atoms with van der Waals surface area (Å²) < 4.78 is 5.42. The van der Waals surface area contributed by atoms with Crippen molar-refractivity contribution < 1.29 is 9.53 Å². The number of nitrogens with two attached hydrogens (primary N) is 1. The van der Waals surface area contributed by atoms with Crippen LogP contribution in [0, 0.1) is 0 Å². The quantitative estimate of drug-likeness (QED) is 0.669. The molecule has 0 heterocycles. The first-order chi connectivity index (χ1) is 8.33. The van der Waals surface area contributed by atoms with E-state index in [4.69, 9.17) is 10.5 Å². The maximum Gasteiger partial charge on any atom is 0.223 e. The molecule has 0 unspecified atom stereocenters. The number of para-hydroxylation sites is 1. The zero-order chi connectivity index (χ0) is 12.3. The van der Waals surface area contributed by atoms with Crippen molar-refractivity contribution in [3.05, 3.63) is 30.3 Å². The zero-order valence-electron chi connectivity index (χ0n) is 10.0. The lowest BCUT2D eigenvalue weighted by molar-refractivity contribution is -0.121. The van der Waals surface area contributed by atoms with Gasteiger partial charge in [-0.1, -0.05) is 18.2 Å². The van der Waals surface area contributed by atoms with E-state index in [1.807, 2.05) is 30.3 Å². The molecule has 3 N–H and O–H groups in total. The van der Waals surface area contributed by atoms with Crippen LogP contribution in [0.25, 0.3) is 0 Å². The number of unbranched alkanes of at least 4 members (excludes halogenated alkanes) is 1. The van der Waals surface area contributed by atoms with Crippen molar-refractivity contribution >= 4 is 5.91 Å². The largest absolute Gasteiger partial charge is 0.493 e. The SMILES string of the molecule is NCCCCNC(=O)CCOc1ccccc1. The minimum absolute atomic E-state index is 0.0259. The Bertz CT molecular complexity index is 314. The molecule has 0 atom stereocenters. The Morgan fingerprint density at radius 3 is 2.71 bits per heavy atom. The third kappa shape index (κ3) is 6.58. The van der Waals surface area contributed by atoms with Gasteiger partial charge < -0.3 is 15.8 Å². The van der Waals surface area contributed by atoms with Gasteiger partial charge in [0.2, 0.25) is 5.91 Å². The number of hydrogen-bond donors (Lipinski definition) is 2. The van der Waals surface area contributed by atoms with Crippen LogP contribution in [0.15, 0.2) is 30.3 Å². The molecule has 0 saturated carbocycles. The summed E-state index contributed by atoms with van der Waals surface area (Å²) in [5, 5.41) is 2.83. The molecule has 0 saturated heterocycles. The van der Waals surface area contributed by atoms with Gasteiger partial charge in [-0.3, -0.25) is 4.79 Å². The van der Waals surface area contributed by atoms with Crippen LogP contribution in [-0.2, 0) is 4.79 Å². The smallest absolute Gasteiger partial charge is 0.223 e. The van der Waals surface area contributed by atoms with Gasteiger partial charge in [0.05, 0.1) is 13.0 Å². The highest BCUT2D eigenvalue weighted by atomic mass is 16.5. The van der Waals surface area contributed by atoms with Crippen LogP contribution in [0.2, 0.25) is 0 Å². The molecule has 0 radical (unpaired) electrons. The van der Waals surface area contributed by atoms with Gasteiger partial charge in [-0.15, -0.1) is 0 Å². The average Bonchev–Trinajstić information content (AvgIpc) is 2.36. The van der Waals surface area contributed by atoms with Crippen LogP contribution in [0.3, 0.4) is 0 Å². The second kappa shape index (κ2) is 8.58. The zero-order valence-corrected chi connectivity index (χ0v) is 10.0. The number of ether oxygens (including phenoxy) is 1. The van der Waals surface area contributed by atoms with Gasteiger partial charge in [0.15, 0.2) is 0 Å². The van der Waals surface area contributed by atoms with E-state index in [9.17, 15) is 4.79 Å². The third-order valence-corrected chi connectivity index (χ3v) is 2.29. The molecule has 0 aliphatic heterocycles. The Morgan fingerprint density at radius 1 is 1.24 bits per heavy atom. The fourth-order valence-electron chi connectivity index (χ4n) is 1.36. The van der Waals surface area contributed by atoms with Gasteiger partial charge in [0.25, 0.3) is 0 Å². The van der Waals surface area contributed by atoms with Gasteiger partial charge in [-0.2, -0.15) is 0 Å². The average molecular weight is 236 g/mol. The maximum absolute atomic E-state index is 11.4. The molecule has 1 aromatic rings. The van der Waals surface area contributed by atoms with Crippen molar-refractivity contribution in [2.45, 2.75) is 19.3 Å². The van der Waals surface area contributed by atoms with Crippen LogP contribution in [0.5, 0.6) is 5.75 Å². The molecule has 4 heteroatoms. The van der Waals surface area contributed by atoms with Crippen LogP contribution >= 0.6 is 0 Å². The summed E-state index contributed by atoms with van der Waals surface area (Å²) in [5.41, 5.74) is 5.36. The highest BCUT2D eigenvalue weighted by molar-refractivity contribution is 5.75. The van der Waals surface area contributed by atoms with Gasteiger partial charge in [0.1, 0.15) is 5.75 Å². The van der Waals surface area contributed by atoms with Gasteiger partial charge in [-0.05, 0) is 31.5 Å². The van der Waals surface area contributed by atoms with Crippen LogP contribution < -0.4 is 15.8 Å². The molecule has 0 spiro atoms. The normalized spacial score (nSPS) is 9.94. The highest BCUT2D eigenvalue weighted by Crippen LogP contribution is 2.08. The molecule has 1 rings (SSSR count). The van der Waals surface area contributed by atoms with Crippen molar-refractivity contribution in [2.24, 2.45) is 5.73 Å². The summed E-state index contributed by atoms with van der Waals surface area (Å²) in [7, 11) is 0. The van der Waals surface area contributed by atoms with E-state index in [1.54, 1.807) is 0 Å². The topological polar surface area (TPSA) is 64.3 Å². The van der Waals surface area contributed by atoms with E-state index < -0.39 is 0 Å². The number of rotatable bonds is 8. The van der Waals surface area contributed by atoms with Gasteiger partial charge in [0, 0.05) is 6.54 Å². The van der Waals surface area contributed by atoms with Gasteiger partial charge >= 0.3 is 0 Å². The fraction of sp³-hybridized carbons (Fsp3) is 0.462. The van der Waals surface area contributed by atoms with E-state index in [2.05, 4.69) is 5.32 Å². The number of carbonyl (C=O) groups is 1. The monoisotopic (exact) mass is 236 g/mol. The lowest BCUT2D eigenvalue weighted by atomic mass is 10.3. The molecule has 0 aliphatic carbocycles. The number of amides is 1. The molecule has 0 aliphatic rings. The number of carbonyl (C=O) groups excluding carboxylic acids is 1. The lowest BCUT2D eigenvalue weighted by Gasteiger charge is -2.06. The van der Waals surface area contributed by atoms with Crippen molar-refractivity contribution in [1.29, 1.82) is 0 Å². The summed E-state index contributed by atoms with van der Waals surface area (Å²) in [4.78, 5) is 11.4. The first kappa shape index (κ1) is 13.5. The number of hydrogen-bond acceptors (Lipinski definition) is 3. The summed E-state index contributed by atoms with van der Waals surface area (Å²) in [6, 6.07) is 9.49. The maximum atomic E-state index is 11.4. The van der Waals surface area contributed by atoms with Crippen LogP contribution in [0.1, 0.15) is 19.3 Å². The Kier molecular flexibility index (Phi) is 6.82. The summed E-state index contributed by atoms with van der Waals surface area (Å²) in [5.74, 6) is 0.821. The molecule has 17 heavy (non-hydrogen) atoms. The minimum Gasteiger partial charge on any atom is -0.493 e. The molecule has 1 amide bonds. The standard InChI is InChI=1S/C13H20N2O2/c14-9-4-5-10-15-13(16)8-11-17-12-6-2-1-3-7-12/h1-3,6-7H,4-5,8-11,14H2,(H,15,16). The molecule has 4 nitrogen and oxygen atoms in total. The Balaban J connectivity index is 2.04. The fourth-order valence-corrected chi connectivity index (χ4v) is 1.36. The van der Waals surface area contributed by atoms with Crippen molar-refractivity contribution in [3.63, 3.8) is 0 Å². The summed E-state index contributed by atoms with van der Waals surface area (Å²) in [6.45, 7) is 1.78. The number of nitrogens with one attached hydrogen (secondary N) is 1. The highest BCUT2D eigenvalue weighted by Gasteiger charge is 2.00. The first-order valence-corrected chi connectivity index (χ1v) is 5.97. The van der Waals surface area contributed by atoms with E-state index in [0.29, 0.717) is 26.1 Å². The second-order valence-electron chi connectivity index (χ2n) is 3.76. The lowest BCUT2D eigenvalue weighted by Crippen LogP contribution is -2.26. The van der Waals surface area contributed by atoms with Crippen LogP contribution in [-0.4, -0.2) is 25.6 Å². The molecular formula is C13H20N2O2. The first-order valence-electron chi connectivity index (χ1n) is 5.97. The van der Waals surface area contributed by atoms with E-state index >= 15 is 0 Å². The van der Waals surface area contributed by atoms with Crippen molar-refractivity contribution in [3.8, 4) is 5.75 Å². The third-order valence-electron chi connectivity index (χ3n) is 2.29. The predicted molar refractivity (Wildman–Crippen MR) is 67.9 cm³/mol. The Hall–Kier alpha value is -1.55. The molecule has 0 fully saturated rings. The van der Waals surface area contributed by atoms with Crippen LogP contribution in [0.4, 0.5) is 0 Å². The summed E-state index contributed by atoms with van der Waals surface area (Å²) in [6.07, 6.45) is 2.26. The second-order valence-corrected chi connectivity index (χ2v) is 3.76. The summed E-state index contributed by atoms with van der Waals surface area (Å²) >= 11 is 0. The Labute approximate surface area is 102 Å². The van der Waals surface area contributed by atoms with E-state index in [-0.39, 0.29) is 5.91 Å². The van der Waals surface area contributed by atoms with E-state index in [1.165, 1.54) is 0 Å². The van der Waals surface area contributed by atoms with E-state index in [0.717, 1.165) is 18.6 Å². The molecule has 94 valence electrons. The van der Waals surface area contributed by atoms with Gasteiger partial charge in [-0.25, -0.2) is 0 Å². The minimum atomic E-state index is 0.0259. The van der Waals surface area contributed by atoms with Crippen molar-refractivity contribution in [2.75, 3.05) is 19.7 Å². The molecule has 1 aromatic carbocycles. The molecule has 0 bridgehead atoms. The predicted octanol–water partition coefficient (Wildman–Crippen LogP) is 1.31. The number of benzene rings is 1. The van der Waals surface area contributed by atoms with Crippen molar-refractivity contribution in [1.82, 2.24) is 5.32 Å². The molecule has 0 aromatic heterocycles. The molecular weight excluding hydrogens is 216 g/mol. The Morgan fingerprint density at radius 2 is 2.00 bits per heavy atom.